The van der Waals surface area contributed by atoms with Crippen molar-refractivity contribution in [2.45, 2.75) is 19.8 Å². The molecule has 0 saturated heterocycles. The maximum atomic E-state index is 11.1. The van der Waals surface area contributed by atoms with Crippen molar-refractivity contribution >= 4 is 0 Å². The molecule has 78 valence electrons. The van der Waals surface area contributed by atoms with Gasteiger partial charge in [0.2, 0.25) is 0 Å². The van der Waals surface area contributed by atoms with Gasteiger partial charge in [0.1, 0.15) is 0 Å². The predicted octanol–water partition coefficient (Wildman–Crippen LogP) is 2.59. The van der Waals surface area contributed by atoms with Gasteiger partial charge in [-0.1, -0.05) is 43.7 Å². The molecular formula is C12H13NO2. The van der Waals surface area contributed by atoms with E-state index in [9.17, 15) is 4.79 Å². The van der Waals surface area contributed by atoms with Gasteiger partial charge >= 0.3 is 5.76 Å². The summed E-state index contributed by atoms with van der Waals surface area (Å²) in [5.74, 6) is 0.291. The first kappa shape index (κ1) is 9.77. The Morgan fingerprint density at radius 3 is 2.67 bits per heavy atom. The maximum Gasteiger partial charge on any atom is 0.417 e. The minimum Gasteiger partial charge on any atom is -0.408 e. The highest BCUT2D eigenvalue weighted by molar-refractivity contribution is 5.59. The van der Waals surface area contributed by atoms with Crippen molar-refractivity contribution in [3.05, 3.63) is 46.6 Å². The van der Waals surface area contributed by atoms with Crippen LogP contribution < -0.4 is 5.76 Å². The minimum absolute atomic E-state index is 0.377. The van der Waals surface area contributed by atoms with Gasteiger partial charge in [-0.15, -0.1) is 0 Å². The molecular weight excluding hydrogens is 190 g/mol. The van der Waals surface area contributed by atoms with Crippen LogP contribution >= 0.6 is 0 Å². The highest BCUT2D eigenvalue weighted by Crippen LogP contribution is 2.21. The zero-order valence-electron chi connectivity index (χ0n) is 8.62. The average molecular weight is 203 g/mol. The molecule has 0 fully saturated rings. The second-order valence-corrected chi connectivity index (χ2v) is 3.44. The zero-order valence-corrected chi connectivity index (χ0v) is 8.62. The molecule has 3 nitrogen and oxygen atoms in total. The third-order valence-electron chi connectivity index (χ3n) is 2.26. The van der Waals surface area contributed by atoms with Gasteiger partial charge in [0, 0.05) is 5.56 Å². The van der Waals surface area contributed by atoms with Crippen LogP contribution in [-0.2, 0) is 6.42 Å². The van der Waals surface area contributed by atoms with Crippen LogP contribution in [0.2, 0.25) is 0 Å². The van der Waals surface area contributed by atoms with Crippen molar-refractivity contribution in [3.63, 3.8) is 0 Å². The highest BCUT2D eigenvalue weighted by atomic mass is 16.4. The standard InChI is InChI=1S/C12H13NO2/c1-2-6-10-11(15-12(14)13-10)9-7-4-3-5-8-9/h3-5,7-8H,2,6H2,1H3,(H,13,14). The molecule has 0 saturated carbocycles. The SMILES string of the molecule is CCCc1[nH]c(=O)oc1-c1ccccc1. The number of hydrogen-bond acceptors (Lipinski definition) is 2. The topological polar surface area (TPSA) is 46.0 Å². The Kier molecular flexibility index (Phi) is 2.72. The number of nitrogens with one attached hydrogen (secondary N) is 1. The summed E-state index contributed by atoms with van der Waals surface area (Å²) in [6.07, 6.45) is 1.81. The van der Waals surface area contributed by atoms with Gasteiger partial charge < -0.3 is 4.42 Å². The van der Waals surface area contributed by atoms with Crippen molar-refractivity contribution in [2.24, 2.45) is 0 Å². The number of aromatic nitrogens is 1. The van der Waals surface area contributed by atoms with Crippen LogP contribution in [0, 0.1) is 0 Å². The fourth-order valence-corrected chi connectivity index (χ4v) is 1.61. The molecule has 2 aromatic rings. The van der Waals surface area contributed by atoms with Crippen molar-refractivity contribution in [2.75, 3.05) is 0 Å². The van der Waals surface area contributed by atoms with Crippen molar-refractivity contribution in [1.29, 1.82) is 0 Å². The van der Waals surface area contributed by atoms with Gasteiger partial charge in [0.05, 0.1) is 5.69 Å². The second-order valence-electron chi connectivity index (χ2n) is 3.44. The summed E-state index contributed by atoms with van der Waals surface area (Å²) >= 11 is 0. The average Bonchev–Trinajstić information content (AvgIpc) is 2.62. The van der Waals surface area contributed by atoms with Gasteiger partial charge in [-0.25, -0.2) is 4.79 Å². The van der Waals surface area contributed by atoms with Crippen molar-refractivity contribution < 1.29 is 4.42 Å². The Morgan fingerprint density at radius 1 is 1.27 bits per heavy atom. The Bertz CT molecular complexity index is 482. The van der Waals surface area contributed by atoms with E-state index in [-0.39, 0.29) is 5.76 Å². The second kappa shape index (κ2) is 4.17. The number of benzene rings is 1. The van der Waals surface area contributed by atoms with Crippen LogP contribution in [0.25, 0.3) is 11.3 Å². The fourth-order valence-electron chi connectivity index (χ4n) is 1.61. The molecule has 1 N–H and O–H groups in total. The van der Waals surface area contributed by atoms with E-state index in [1.54, 1.807) is 0 Å². The van der Waals surface area contributed by atoms with E-state index in [1.807, 2.05) is 30.3 Å². The predicted molar refractivity (Wildman–Crippen MR) is 58.8 cm³/mol. The summed E-state index contributed by atoms with van der Waals surface area (Å²) in [4.78, 5) is 13.9. The van der Waals surface area contributed by atoms with Crippen LogP contribution in [0.15, 0.2) is 39.5 Å². The monoisotopic (exact) mass is 203 g/mol. The van der Waals surface area contributed by atoms with Crippen LogP contribution in [0.3, 0.4) is 0 Å². The lowest BCUT2D eigenvalue weighted by Crippen LogP contribution is -1.96. The minimum atomic E-state index is -0.377. The van der Waals surface area contributed by atoms with Gasteiger partial charge in [0.15, 0.2) is 5.76 Å². The van der Waals surface area contributed by atoms with E-state index in [4.69, 9.17) is 4.42 Å². The normalized spacial score (nSPS) is 10.5. The van der Waals surface area contributed by atoms with Crippen LogP contribution in [-0.4, -0.2) is 4.98 Å². The van der Waals surface area contributed by atoms with Crippen molar-refractivity contribution in [1.82, 2.24) is 4.98 Å². The molecule has 0 unspecified atom stereocenters. The quantitative estimate of drug-likeness (QED) is 0.833. The van der Waals surface area contributed by atoms with E-state index in [0.717, 1.165) is 24.1 Å². The number of aromatic amines is 1. The first-order chi connectivity index (χ1) is 7.31. The smallest absolute Gasteiger partial charge is 0.408 e. The summed E-state index contributed by atoms with van der Waals surface area (Å²) < 4.78 is 5.14. The van der Waals surface area contributed by atoms with Crippen LogP contribution in [0.5, 0.6) is 0 Å². The van der Waals surface area contributed by atoms with Gasteiger partial charge in [0.25, 0.3) is 0 Å². The van der Waals surface area contributed by atoms with Gasteiger partial charge in [-0.2, -0.15) is 0 Å². The lowest BCUT2D eigenvalue weighted by Gasteiger charge is -1.98. The third kappa shape index (κ3) is 2.01. The summed E-state index contributed by atoms with van der Waals surface area (Å²) in [6.45, 7) is 2.07. The first-order valence-corrected chi connectivity index (χ1v) is 5.08. The van der Waals surface area contributed by atoms with E-state index < -0.39 is 0 Å². The van der Waals surface area contributed by atoms with E-state index >= 15 is 0 Å². The Balaban J connectivity index is 2.48. The Morgan fingerprint density at radius 2 is 2.00 bits per heavy atom. The first-order valence-electron chi connectivity index (χ1n) is 5.08. The number of H-pyrrole nitrogens is 1. The summed E-state index contributed by atoms with van der Waals surface area (Å²) in [5.41, 5.74) is 1.83. The van der Waals surface area contributed by atoms with E-state index in [1.165, 1.54) is 0 Å². The molecule has 0 amide bonds. The fraction of sp³-hybridized carbons (Fsp3) is 0.250. The lowest BCUT2D eigenvalue weighted by molar-refractivity contribution is 0.528. The summed E-state index contributed by atoms with van der Waals surface area (Å²) in [6, 6.07) is 9.67. The Hall–Kier alpha value is -1.77. The lowest BCUT2D eigenvalue weighted by atomic mass is 10.1. The molecule has 1 aromatic heterocycles. The number of oxazole rings is 1. The molecule has 0 atom stereocenters. The molecule has 15 heavy (non-hydrogen) atoms. The number of hydrogen-bond donors (Lipinski definition) is 1. The van der Waals surface area contributed by atoms with Gasteiger partial charge in [-0.05, 0) is 6.42 Å². The Labute approximate surface area is 87.8 Å². The zero-order chi connectivity index (χ0) is 10.7. The van der Waals surface area contributed by atoms with E-state index in [2.05, 4.69) is 11.9 Å². The highest BCUT2D eigenvalue weighted by Gasteiger charge is 2.10. The number of aryl methyl sites for hydroxylation is 1. The molecule has 2 rings (SSSR count). The number of rotatable bonds is 3. The third-order valence-corrected chi connectivity index (χ3v) is 2.26. The summed E-state index contributed by atoms with van der Waals surface area (Å²) in [5, 5.41) is 0. The van der Waals surface area contributed by atoms with Crippen LogP contribution in [0.4, 0.5) is 0 Å². The molecule has 1 aromatic carbocycles. The molecule has 0 bridgehead atoms. The molecule has 1 heterocycles. The van der Waals surface area contributed by atoms with Crippen LogP contribution in [0.1, 0.15) is 19.0 Å². The maximum absolute atomic E-state index is 11.1. The largest absolute Gasteiger partial charge is 0.417 e. The van der Waals surface area contributed by atoms with E-state index in [0.29, 0.717) is 5.76 Å². The summed E-state index contributed by atoms with van der Waals surface area (Å²) in [7, 11) is 0. The molecule has 0 spiro atoms. The molecule has 3 heteroatoms. The van der Waals surface area contributed by atoms with Gasteiger partial charge in [-0.3, -0.25) is 4.98 Å². The molecule has 0 radical (unpaired) electrons. The molecule has 0 aliphatic carbocycles. The molecule has 0 aliphatic rings. The molecule has 0 aliphatic heterocycles. The van der Waals surface area contributed by atoms with Crippen molar-refractivity contribution in [3.8, 4) is 11.3 Å².